The summed E-state index contributed by atoms with van der Waals surface area (Å²) >= 11 is 1.61. The van der Waals surface area contributed by atoms with Crippen LogP contribution in [0.2, 0.25) is 0 Å². The molecule has 6 nitrogen and oxygen atoms in total. The van der Waals surface area contributed by atoms with E-state index in [9.17, 15) is 9.59 Å². The molecule has 0 saturated carbocycles. The number of carbonyl (C=O) groups is 2. The van der Waals surface area contributed by atoms with Crippen LogP contribution in [-0.2, 0) is 17.9 Å². The number of imidazole rings is 1. The topological polar surface area (TPSA) is 67.2 Å². The Morgan fingerprint density at radius 3 is 2.88 bits per heavy atom. The molecule has 0 spiro atoms. The highest BCUT2D eigenvalue weighted by atomic mass is 32.1. The van der Waals surface area contributed by atoms with Gasteiger partial charge in [-0.2, -0.15) is 0 Å². The Morgan fingerprint density at radius 1 is 1.38 bits per heavy atom. The van der Waals surface area contributed by atoms with Crippen LogP contribution in [0.5, 0.6) is 0 Å². The molecule has 3 heterocycles. The number of hydrogen-bond acceptors (Lipinski definition) is 4. The first-order chi connectivity index (χ1) is 12.5. The number of aromatic nitrogens is 2. The van der Waals surface area contributed by atoms with Gasteiger partial charge in [0.1, 0.15) is 11.5 Å². The lowest BCUT2D eigenvalue weighted by Crippen LogP contribution is -2.41. The van der Waals surface area contributed by atoms with Crippen molar-refractivity contribution in [2.45, 2.75) is 52.7 Å². The van der Waals surface area contributed by atoms with Crippen LogP contribution in [0.1, 0.15) is 60.8 Å². The third-order valence-electron chi connectivity index (χ3n) is 4.72. The van der Waals surface area contributed by atoms with Crippen molar-refractivity contribution in [3.63, 3.8) is 0 Å². The molecule has 2 aromatic rings. The first kappa shape index (κ1) is 18.6. The van der Waals surface area contributed by atoms with Gasteiger partial charge in [-0.05, 0) is 30.7 Å². The van der Waals surface area contributed by atoms with Crippen LogP contribution in [0.15, 0.2) is 23.7 Å². The summed E-state index contributed by atoms with van der Waals surface area (Å²) in [5, 5.41) is 4.90. The molecule has 1 unspecified atom stereocenters. The van der Waals surface area contributed by atoms with Gasteiger partial charge in [0, 0.05) is 30.6 Å². The van der Waals surface area contributed by atoms with Crippen molar-refractivity contribution >= 4 is 23.2 Å². The highest BCUT2D eigenvalue weighted by Gasteiger charge is 2.30. The fourth-order valence-corrected chi connectivity index (χ4v) is 3.81. The van der Waals surface area contributed by atoms with Crippen molar-refractivity contribution < 1.29 is 9.59 Å². The molecule has 0 radical (unpaired) electrons. The van der Waals surface area contributed by atoms with E-state index >= 15 is 0 Å². The van der Waals surface area contributed by atoms with Crippen LogP contribution >= 0.6 is 11.3 Å². The minimum Gasteiger partial charge on any atom is -0.346 e. The Labute approximate surface area is 158 Å². The molecule has 1 N–H and O–H groups in total. The lowest BCUT2D eigenvalue weighted by atomic mass is 10.1. The molecule has 0 fully saturated rings. The molecule has 0 aromatic carbocycles. The van der Waals surface area contributed by atoms with Crippen LogP contribution in [0.3, 0.4) is 0 Å². The van der Waals surface area contributed by atoms with Gasteiger partial charge in [-0.15, -0.1) is 11.3 Å². The number of amides is 2. The Kier molecular flexibility index (Phi) is 5.76. The third kappa shape index (κ3) is 4.15. The highest BCUT2D eigenvalue weighted by Crippen LogP contribution is 2.26. The van der Waals surface area contributed by atoms with Gasteiger partial charge < -0.3 is 14.8 Å². The molecule has 0 aliphatic carbocycles. The zero-order valence-corrected chi connectivity index (χ0v) is 16.4. The van der Waals surface area contributed by atoms with Crippen molar-refractivity contribution in [3.8, 4) is 0 Å². The largest absolute Gasteiger partial charge is 0.346 e. The maximum atomic E-state index is 12.5. The van der Waals surface area contributed by atoms with Gasteiger partial charge in [-0.1, -0.05) is 19.9 Å². The van der Waals surface area contributed by atoms with Crippen molar-refractivity contribution in [1.29, 1.82) is 0 Å². The summed E-state index contributed by atoms with van der Waals surface area (Å²) in [7, 11) is 0. The summed E-state index contributed by atoms with van der Waals surface area (Å²) < 4.78 is 2.00. The first-order valence-electron chi connectivity index (χ1n) is 9.13. The molecule has 26 heavy (non-hydrogen) atoms. The third-order valence-corrected chi connectivity index (χ3v) is 5.60. The van der Waals surface area contributed by atoms with Gasteiger partial charge >= 0.3 is 0 Å². The normalized spacial score (nSPS) is 16.6. The highest BCUT2D eigenvalue weighted by molar-refractivity contribution is 7.09. The number of carbonyl (C=O) groups excluding carboxylic acids is 2. The van der Waals surface area contributed by atoms with E-state index in [1.54, 1.807) is 17.5 Å². The summed E-state index contributed by atoms with van der Waals surface area (Å²) in [6.07, 6.45) is 3.26. The second kappa shape index (κ2) is 8.03. The van der Waals surface area contributed by atoms with Crippen LogP contribution in [-0.4, -0.2) is 32.8 Å². The maximum Gasteiger partial charge on any atom is 0.271 e. The molecule has 7 heteroatoms. The molecule has 2 amide bonds. The maximum absolute atomic E-state index is 12.5. The fourth-order valence-electron chi connectivity index (χ4n) is 3.17. The number of nitrogens with one attached hydrogen (secondary N) is 1. The second-order valence-electron chi connectivity index (χ2n) is 7.14. The zero-order valence-electron chi connectivity index (χ0n) is 15.6. The van der Waals surface area contributed by atoms with E-state index in [1.165, 1.54) is 0 Å². The number of nitrogens with zero attached hydrogens (tertiary/aromatic N) is 3. The van der Waals surface area contributed by atoms with E-state index in [2.05, 4.69) is 24.1 Å². The molecule has 0 bridgehead atoms. The van der Waals surface area contributed by atoms with Crippen molar-refractivity contribution in [3.05, 3.63) is 40.1 Å². The lowest BCUT2D eigenvalue weighted by molar-refractivity contribution is -0.134. The van der Waals surface area contributed by atoms with Gasteiger partial charge in [-0.3, -0.25) is 9.59 Å². The standard InChI is InChI=1S/C19H26N4O2S/c1-13(2)6-7-17(24)23-9-8-22-12-16(21-18(22)14(23)3)19(25)20-11-15-5-4-10-26-15/h4-5,10,12-14H,6-9,11H2,1-3H3,(H,20,25). The van der Waals surface area contributed by atoms with Crippen molar-refractivity contribution in [2.24, 2.45) is 5.92 Å². The number of rotatable bonds is 6. The van der Waals surface area contributed by atoms with E-state index < -0.39 is 0 Å². The predicted molar refractivity (Wildman–Crippen MR) is 102 cm³/mol. The number of hydrogen-bond donors (Lipinski definition) is 1. The molecule has 1 atom stereocenters. The van der Waals surface area contributed by atoms with Crippen LogP contribution < -0.4 is 5.32 Å². The first-order valence-corrected chi connectivity index (χ1v) is 10.0. The summed E-state index contributed by atoms with van der Waals surface area (Å²) in [6, 6.07) is 3.85. The quantitative estimate of drug-likeness (QED) is 0.844. The molecule has 140 valence electrons. The predicted octanol–water partition coefficient (Wildman–Crippen LogP) is 3.21. The van der Waals surface area contributed by atoms with Gasteiger partial charge in [0.05, 0.1) is 12.6 Å². The lowest BCUT2D eigenvalue weighted by Gasteiger charge is -2.34. The summed E-state index contributed by atoms with van der Waals surface area (Å²) in [5.41, 5.74) is 0.417. The number of thiophene rings is 1. The summed E-state index contributed by atoms with van der Waals surface area (Å²) in [5.74, 6) is 1.30. The Morgan fingerprint density at radius 2 is 2.19 bits per heavy atom. The van der Waals surface area contributed by atoms with Crippen molar-refractivity contribution in [2.75, 3.05) is 6.54 Å². The Balaban J connectivity index is 1.65. The Bertz CT molecular complexity index is 767. The summed E-state index contributed by atoms with van der Waals surface area (Å²) in [4.78, 5) is 32.4. The van der Waals surface area contributed by atoms with E-state index in [1.807, 2.05) is 33.9 Å². The molecule has 2 aromatic heterocycles. The van der Waals surface area contributed by atoms with E-state index in [4.69, 9.17) is 0 Å². The van der Waals surface area contributed by atoms with Gasteiger partial charge in [-0.25, -0.2) is 4.98 Å². The van der Waals surface area contributed by atoms with E-state index in [0.717, 1.165) is 17.1 Å². The SMILES string of the molecule is CC(C)CCC(=O)N1CCn2cc(C(=O)NCc3cccs3)nc2C1C. The smallest absolute Gasteiger partial charge is 0.271 e. The van der Waals surface area contributed by atoms with E-state index in [-0.39, 0.29) is 17.9 Å². The fraction of sp³-hybridized carbons (Fsp3) is 0.526. The van der Waals surface area contributed by atoms with Gasteiger partial charge in [0.2, 0.25) is 5.91 Å². The molecule has 1 aliphatic rings. The monoisotopic (exact) mass is 374 g/mol. The average Bonchev–Trinajstić information content (AvgIpc) is 3.27. The molecule has 0 saturated heterocycles. The zero-order chi connectivity index (χ0) is 18.7. The van der Waals surface area contributed by atoms with Gasteiger partial charge in [0.15, 0.2) is 0 Å². The molecule has 3 rings (SSSR count). The van der Waals surface area contributed by atoms with Crippen LogP contribution in [0.25, 0.3) is 0 Å². The second-order valence-corrected chi connectivity index (χ2v) is 8.17. The van der Waals surface area contributed by atoms with Gasteiger partial charge in [0.25, 0.3) is 5.91 Å². The van der Waals surface area contributed by atoms with Crippen LogP contribution in [0.4, 0.5) is 0 Å². The Hall–Kier alpha value is -2.15. The average molecular weight is 375 g/mol. The minimum absolute atomic E-state index is 0.109. The number of fused-ring (bicyclic) bond motifs is 1. The van der Waals surface area contributed by atoms with E-state index in [0.29, 0.717) is 37.7 Å². The van der Waals surface area contributed by atoms with Crippen molar-refractivity contribution in [1.82, 2.24) is 19.8 Å². The molecular formula is C19H26N4O2S. The molecular weight excluding hydrogens is 348 g/mol. The molecule has 1 aliphatic heterocycles. The minimum atomic E-state index is -0.176. The summed E-state index contributed by atoms with van der Waals surface area (Å²) in [6.45, 7) is 8.09. The van der Waals surface area contributed by atoms with Crippen LogP contribution in [0, 0.1) is 5.92 Å².